The summed E-state index contributed by atoms with van der Waals surface area (Å²) < 4.78 is 0. The molecule has 1 heterocycles. The number of phenolic OH excluding ortho intramolecular Hbond substituents is 1. The van der Waals surface area contributed by atoms with Gasteiger partial charge in [0.15, 0.2) is 11.6 Å². The minimum absolute atomic E-state index is 0.0515. The lowest BCUT2D eigenvalue weighted by Gasteiger charge is -2.29. The first-order valence-corrected chi connectivity index (χ1v) is 23.4. The van der Waals surface area contributed by atoms with Crippen molar-refractivity contribution in [3.05, 3.63) is 42.0 Å². The van der Waals surface area contributed by atoms with Gasteiger partial charge in [0, 0.05) is 49.9 Å². The summed E-state index contributed by atoms with van der Waals surface area (Å²) in [5.74, 6) is -11.3. The minimum atomic E-state index is -1.75. The molecule has 0 saturated carbocycles. The van der Waals surface area contributed by atoms with Gasteiger partial charge in [-0.25, -0.2) is 0 Å². The Kier molecular flexibility index (Phi) is 24.1. The predicted molar refractivity (Wildman–Crippen MR) is 254 cm³/mol. The van der Waals surface area contributed by atoms with Crippen LogP contribution in [0.1, 0.15) is 118 Å². The molecule has 22 heteroatoms. The van der Waals surface area contributed by atoms with E-state index < -0.39 is 143 Å². The molecule has 22 nitrogen and oxygen atoms in total. The maximum absolute atomic E-state index is 14.1. The van der Waals surface area contributed by atoms with Crippen LogP contribution in [-0.2, 0) is 64.0 Å². The number of hydrogen-bond acceptors (Lipinski definition) is 13. The van der Waals surface area contributed by atoms with Crippen molar-refractivity contribution in [2.45, 2.75) is 149 Å². The molecule has 1 saturated heterocycles. The van der Waals surface area contributed by atoms with E-state index in [4.69, 9.17) is 17.2 Å². The number of Topliss-reactive ketones (excluding diaryl/α,β-unsaturated/α-hetero) is 2. The molecule has 1 aromatic carbocycles. The molecule has 9 amide bonds. The van der Waals surface area contributed by atoms with Gasteiger partial charge in [0.2, 0.25) is 53.2 Å². The van der Waals surface area contributed by atoms with Crippen molar-refractivity contribution in [2.75, 3.05) is 6.54 Å². The Hall–Kier alpha value is -7.00. The Morgan fingerprint density at radius 2 is 1.40 bits per heavy atom. The Labute approximate surface area is 407 Å². The smallest absolute Gasteiger partial charge is 0.243 e. The molecule has 0 bridgehead atoms. The summed E-state index contributed by atoms with van der Waals surface area (Å²) in [7, 11) is 0. The number of phenols is 1. The molecular weight excluding hydrogens is 911 g/mol. The number of carbonyl (C=O) groups excluding carboxylic acids is 12. The van der Waals surface area contributed by atoms with Gasteiger partial charge in [0.25, 0.3) is 0 Å². The fourth-order valence-corrected chi connectivity index (χ4v) is 7.53. The van der Waals surface area contributed by atoms with Crippen LogP contribution in [0.4, 0.5) is 0 Å². The van der Waals surface area contributed by atoms with Crippen molar-refractivity contribution in [3.63, 3.8) is 0 Å². The third kappa shape index (κ3) is 20.7. The standard InChI is InChI=1S/C48H71N9O13/c1-7-27(4)42-46(69)55-33(16-18-38(49)62)43(66)56-35(24-39(50)63)44(67)54-32(37(61)21-26(3)20-31(59)10-9-19-48(5,6)47(70)52-25-40(51)64)15-17-36(60)29(8-2)23-41(65)53-34(45(68)57-42)22-28-11-13-30(58)14-12-28/h9-14,26-27,29,32-35,42,58H,7-8,15-25H2,1-6H3,(H2,49,62)(H2,50,63)(H2,51,64)(H,52,70)(H,53,65)(H,54,67)(H,55,69)(H,56,66)(H,57,68). The average molecular weight is 982 g/mol. The number of amides is 9. The van der Waals surface area contributed by atoms with E-state index in [-0.39, 0.29) is 63.7 Å². The van der Waals surface area contributed by atoms with Crippen LogP contribution in [0.2, 0.25) is 0 Å². The van der Waals surface area contributed by atoms with Crippen LogP contribution in [0, 0.1) is 23.2 Å². The topological polar surface area (TPSA) is 375 Å². The summed E-state index contributed by atoms with van der Waals surface area (Å²) in [4.78, 5) is 158. The number of nitrogens with two attached hydrogens (primary N) is 3. The lowest BCUT2D eigenvalue weighted by atomic mass is 9.87. The van der Waals surface area contributed by atoms with Gasteiger partial charge in [-0.15, -0.1) is 0 Å². The van der Waals surface area contributed by atoms with Crippen molar-refractivity contribution in [3.8, 4) is 5.75 Å². The van der Waals surface area contributed by atoms with Crippen LogP contribution in [0.3, 0.4) is 0 Å². The molecule has 1 aromatic rings. The first-order valence-electron chi connectivity index (χ1n) is 23.4. The second kappa shape index (κ2) is 28.5. The van der Waals surface area contributed by atoms with E-state index in [9.17, 15) is 62.6 Å². The van der Waals surface area contributed by atoms with Gasteiger partial charge in [0.1, 0.15) is 35.7 Å². The highest BCUT2D eigenvalue weighted by Crippen LogP contribution is 2.22. The molecular formula is C48H71N9O13. The maximum Gasteiger partial charge on any atom is 0.243 e. The molecule has 0 aliphatic carbocycles. The molecule has 0 aromatic heterocycles. The summed E-state index contributed by atoms with van der Waals surface area (Å²) in [6.45, 7) is 9.51. The Morgan fingerprint density at radius 3 is 1.99 bits per heavy atom. The Bertz CT molecular complexity index is 2120. The van der Waals surface area contributed by atoms with Crippen molar-refractivity contribution in [1.82, 2.24) is 31.9 Å². The lowest BCUT2D eigenvalue weighted by molar-refractivity contribution is -0.137. The summed E-state index contributed by atoms with van der Waals surface area (Å²) >= 11 is 0. The van der Waals surface area contributed by atoms with E-state index in [0.29, 0.717) is 12.0 Å². The van der Waals surface area contributed by atoms with Crippen LogP contribution in [0.5, 0.6) is 5.75 Å². The average Bonchev–Trinajstić information content (AvgIpc) is 3.27. The molecule has 1 aliphatic rings. The van der Waals surface area contributed by atoms with E-state index in [0.717, 1.165) is 0 Å². The number of primary amides is 3. The van der Waals surface area contributed by atoms with Gasteiger partial charge in [-0.3, -0.25) is 57.5 Å². The highest BCUT2D eigenvalue weighted by molar-refractivity contribution is 5.99. The third-order valence-corrected chi connectivity index (χ3v) is 12.0. The Balaban J connectivity index is 2.57. The molecule has 1 aliphatic heterocycles. The van der Waals surface area contributed by atoms with E-state index in [1.165, 1.54) is 36.4 Å². The van der Waals surface area contributed by atoms with Gasteiger partial charge in [-0.1, -0.05) is 66.2 Å². The van der Waals surface area contributed by atoms with E-state index in [1.54, 1.807) is 41.5 Å². The molecule has 386 valence electrons. The summed E-state index contributed by atoms with van der Waals surface area (Å²) in [6.07, 6.45) is 0.144. The van der Waals surface area contributed by atoms with Crippen LogP contribution in [0.25, 0.3) is 0 Å². The second-order valence-corrected chi connectivity index (χ2v) is 18.6. The number of rotatable bonds is 21. The fraction of sp³-hybridized carbons (Fsp3) is 0.583. The van der Waals surface area contributed by atoms with E-state index in [1.807, 2.05) is 0 Å². The lowest BCUT2D eigenvalue weighted by Crippen LogP contribution is -2.60. The van der Waals surface area contributed by atoms with Crippen molar-refractivity contribution in [2.24, 2.45) is 40.4 Å². The zero-order chi connectivity index (χ0) is 52.9. The number of benzene rings is 1. The van der Waals surface area contributed by atoms with Gasteiger partial charge in [0.05, 0.1) is 19.0 Å². The monoisotopic (exact) mass is 982 g/mol. The molecule has 8 atom stereocenters. The van der Waals surface area contributed by atoms with Crippen molar-refractivity contribution < 1.29 is 62.6 Å². The fourth-order valence-electron chi connectivity index (χ4n) is 7.53. The Morgan fingerprint density at radius 1 is 0.786 bits per heavy atom. The maximum atomic E-state index is 14.1. The first-order chi connectivity index (χ1) is 32.8. The zero-order valence-corrected chi connectivity index (χ0v) is 40.9. The van der Waals surface area contributed by atoms with E-state index in [2.05, 4.69) is 31.9 Å². The highest BCUT2D eigenvalue weighted by atomic mass is 16.3. The molecule has 0 spiro atoms. The quantitative estimate of drug-likeness (QED) is 0.0693. The highest BCUT2D eigenvalue weighted by Gasteiger charge is 2.36. The van der Waals surface area contributed by atoms with Crippen LogP contribution in [-0.4, -0.2) is 112 Å². The molecule has 13 N–H and O–H groups in total. The SMILES string of the molecule is CCC1CC(=O)NC(Cc2ccc(O)cc2)C(=O)NC(C(C)CC)C(=O)NC(CCC(N)=O)C(=O)NC(CC(N)=O)C(=O)NC(C(=O)CC(C)CC(=O)C=CCC(C)(C)C(=O)NCC(N)=O)CCC1=O. The van der Waals surface area contributed by atoms with Crippen LogP contribution < -0.4 is 49.1 Å². The largest absolute Gasteiger partial charge is 0.508 e. The molecule has 2 rings (SSSR count). The van der Waals surface area contributed by atoms with E-state index >= 15 is 0 Å². The summed E-state index contributed by atoms with van der Waals surface area (Å²) in [6, 6.07) is -1.57. The van der Waals surface area contributed by atoms with Gasteiger partial charge in [-0.05, 0) is 61.3 Å². The molecule has 8 unspecified atom stereocenters. The normalized spacial score (nSPS) is 22.3. The summed E-state index contributed by atoms with van der Waals surface area (Å²) in [5, 5.41) is 25.0. The predicted octanol–water partition coefficient (Wildman–Crippen LogP) is -0.547. The van der Waals surface area contributed by atoms with Gasteiger partial charge >= 0.3 is 0 Å². The first kappa shape index (κ1) is 59.1. The van der Waals surface area contributed by atoms with Gasteiger partial charge < -0.3 is 54.2 Å². The van der Waals surface area contributed by atoms with Crippen molar-refractivity contribution in [1.29, 1.82) is 0 Å². The number of nitrogens with one attached hydrogen (secondary N) is 6. The molecule has 70 heavy (non-hydrogen) atoms. The summed E-state index contributed by atoms with van der Waals surface area (Å²) in [5.41, 5.74) is 15.5. The third-order valence-electron chi connectivity index (χ3n) is 12.0. The van der Waals surface area contributed by atoms with Crippen molar-refractivity contribution >= 4 is 70.5 Å². The van der Waals surface area contributed by atoms with Gasteiger partial charge in [-0.2, -0.15) is 0 Å². The number of allylic oxidation sites excluding steroid dienone is 2. The number of carbonyl (C=O) groups is 12. The number of aromatic hydroxyl groups is 1. The second-order valence-electron chi connectivity index (χ2n) is 18.6. The number of hydrogen-bond donors (Lipinski definition) is 10. The zero-order valence-electron chi connectivity index (χ0n) is 40.9. The molecule has 0 radical (unpaired) electrons. The van der Waals surface area contributed by atoms with Crippen LogP contribution in [0.15, 0.2) is 36.4 Å². The number of ketones is 3. The molecule has 1 fully saturated rings. The minimum Gasteiger partial charge on any atom is -0.508 e. The van der Waals surface area contributed by atoms with Crippen LogP contribution >= 0.6 is 0 Å².